The molecule has 0 aliphatic heterocycles. The molecule has 6 nitrogen and oxygen atoms in total. The summed E-state index contributed by atoms with van der Waals surface area (Å²) in [6, 6.07) is 0. The fraction of sp³-hybridized carbons (Fsp3) is 0.111. The molecular weight excluding hydrogens is 276 g/mol. The molecule has 2 heterocycles. The second-order valence-electron chi connectivity index (χ2n) is 2.97. The minimum Gasteiger partial charge on any atom is -0.361 e. The maximum atomic E-state index is 11.7. The predicted molar refractivity (Wildman–Crippen MR) is 58.9 cm³/mol. The van der Waals surface area contributed by atoms with Crippen molar-refractivity contribution in [2.75, 3.05) is 5.32 Å². The van der Waals surface area contributed by atoms with E-state index in [9.17, 15) is 4.79 Å². The van der Waals surface area contributed by atoms with E-state index in [4.69, 9.17) is 4.52 Å². The number of carbonyl (C=O) groups is 1. The Morgan fingerprint density at radius 1 is 1.38 bits per heavy atom. The van der Waals surface area contributed by atoms with Crippen molar-refractivity contribution in [3.05, 3.63) is 34.5 Å². The number of halogens is 1. The molecule has 0 saturated heterocycles. The van der Waals surface area contributed by atoms with Crippen LogP contribution < -0.4 is 5.32 Å². The van der Waals surface area contributed by atoms with Gasteiger partial charge in [0, 0.05) is 0 Å². The molecule has 0 radical (unpaired) electrons. The summed E-state index contributed by atoms with van der Waals surface area (Å²) >= 11 is 3.15. The van der Waals surface area contributed by atoms with Gasteiger partial charge in [0.25, 0.3) is 5.91 Å². The summed E-state index contributed by atoms with van der Waals surface area (Å²) in [7, 11) is 0. The van der Waals surface area contributed by atoms with Crippen molar-refractivity contribution in [3.8, 4) is 0 Å². The van der Waals surface area contributed by atoms with Crippen LogP contribution in [0.15, 0.2) is 27.7 Å². The quantitative estimate of drug-likeness (QED) is 0.908. The Balaban J connectivity index is 2.14. The molecule has 16 heavy (non-hydrogen) atoms. The van der Waals surface area contributed by atoms with Gasteiger partial charge in [-0.1, -0.05) is 5.16 Å². The van der Waals surface area contributed by atoms with Gasteiger partial charge in [0.2, 0.25) is 0 Å². The van der Waals surface area contributed by atoms with Gasteiger partial charge in [-0.25, -0.2) is 9.97 Å². The molecular formula is C9H7BrN4O2. The lowest BCUT2D eigenvalue weighted by Gasteiger charge is -2.01. The first kappa shape index (κ1) is 10.7. The van der Waals surface area contributed by atoms with E-state index in [-0.39, 0.29) is 5.91 Å². The molecule has 0 spiro atoms. The molecule has 0 aliphatic carbocycles. The standard InChI is InChI=1S/C9H7BrN4O2/c1-5-6(2-13-16-5)9(15)14-8-4-11-7(10)3-12-8/h2-4H,1H3,(H,12,14,15). The van der Waals surface area contributed by atoms with Crippen molar-refractivity contribution in [2.45, 2.75) is 6.92 Å². The van der Waals surface area contributed by atoms with Gasteiger partial charge in [0.15, 0.2) is 5.82 Å². The third kappa shape index (κ3) is 2.25. The zero-order chi connectivity index (χ0) is 11.5. The minimum absolute atomic E-state index is 0.324. The molecule has 0 aromatic carbocycles. The van der Waals surface area contributed by atoms with Crippen molar-refractivity contribution in [1.82, 2.24) is 15.1 Å². The first-order chi connectivity index (χ1) is 7.66. The summed E-state index contributed by atoms with van der Waals surface area (Å²) in [6.07, 6.45) is 4.30. The van der Waals surface area contributed by atoms with Gasteiger partial charge >= 0.3 is 0 Å². The van der Waals surface area contributed by atoms with E-state index in [1.54, 1.807) is 6.92 Å². The molecule has 2 aromatic rings. The van der Waals surface area contributed by atoms with Crippen LogP contribution in [0.2, 0.25) is 0 Å². The fourth-order valence-electron chi connectivity index (χ4n) is 1.08. The van der Waals surface area contributed by atoms with Gasteiger partial charge in [0.05, 0.1) is 18.6 Å². The topological polar surface area (TPSA) is 80.9 Å². The lowest BCUT2D eigenvalue weighted by atomic mass is 10.2. The highest BCUT2D eigenvalue weighted by Crippen LogP contribution is 2.10. The Morgan fingerprint density at radius 3 is 2.75 bits per heavy atom. The molecule has 2 rings (SSSR count). The first-order valence-electron chi connectivity index (χ1n) is 4.37. The number of hydrogen-bond donors (Lipinski definition) is 1. The molecule has 0 saturated carbocycles. The van der Waals surface area contributed by atoms with E-state index in [0.717, 1.165) is 0 Å². The Hall–Kier alpha value is -1.76. The monoisotopic (exact) mass is 282 g/mol. The molecule has 0 atom stereocenters. The van der Waals surface area contributed by atoms with E-state index in [1.807, 2.05) is 0 Å². The summed E-state index contributed by atoms with van der Waals surface area (Å²) < 4.78 is 5.39. The van der Waals surface area contributed by atoms with E-state index >= 15 is 0 Å². The largest absolute Gasteiger partial charge is 0.361 e. The molecule has 7 heteroatoms. The smallest absolute Gasteiger partial charge is 0.262 e. The molecule has 82 valence electrons. The van der Waals surface area contributed by atoms with Crippen LogP contribution in [0.5, 0.6) is 0 Å². The van der Waals surface area contributed by atoms with Crippen LogP contribution in [0.1, 0.15) is 16.1 Å². The minimum atomic E-state index is -0.324. The lowest BCUT2D eigenvalue weighted by molar-refractivity contribution is 0.102. The molecule has 0 aliphatic rings. The van der Waals surface area contributed by atoms with Crippen molar-refractivity contribution in [2.24, 2.45) is 0 Å². The number of nitrogens with one attached hydrogen (secondary N) is 1. The molecule has 2 aromatic heterocycles. The lowest BCUT2D eigenvalue weighted by Crippen LogP contribution is -2.13. The Kier molecular flexibility index (Phi) is 2.95. The SMILES string of the molecule is Cc1oncc1C(=O)Nc1cnc(Br)cn1. The molecule has 0 bridgehead atoms. The highest BCUT2D eigenvalue weighted by atomic mass is 79.9. The number of nitrogens with zero attached hydrogens (tertiary/aromatic N) is 3. The Labute approximate surface area is 99.2 Å². The predicted octanol–water partition coefficient (Wildman–Crippen LogP) is 1.79. The van der Waals surface area contributed by atoms with E-state index < -0.39 is 0 Å². The van der Waals surface area contributed by atoms with Crippen molar-refractivity contribution >= 4 is 27.7 Å². The zero-order valence-electron chi connectivity index (χ0n) is 8.27. The van der Waals surface area contributed by atoms with Crippen molar-refractivity contribution < 1.29 is 9.32 Å². The number of anilines is 1. The molecule has 0 fully saturated rings. The van der Waals surface area contributed by atoms with Crippen LogP contribution in [0, 0.1) is 6.92 Å². The number of hydrogen-bond acceptors (Lipinski definition) is 5. The number of carbonyl (C=O) groups excluding carboxylic acids is 1. The second kappa shape index (κ2) is 4.40. The van der Waals surface area contributed by atoms with E-state index in [0.29, 0.717) is 21.7 Å². The van der Waals surface area contributed by atoms with Crippen LogP contribution in [0.3, 0.4) is 0 Å². The van der Waals surface area contributed by atoms with E-state index in [2.05, 4.69) is 36.4 Å². The number of aromatic nitrogens is 3. The van der Waals surface area contributed by atoms with Crippen LogP contribution >= 0.6 is 15.9 Å². The number of amides is 1. The van der Waals surface area contributed by atoms with Gasteiger partial charge in [0.1, 0.15) is 15.9 Å². The summed E-state index contributed by atoms with van der Waals surface area (Å²) in [6.45, 7) is 1.66. The number of aryl methyl sites for hydroxylation is 1. The Bertz CT molecular complexity index is 508. The molecule has 0 unspecified atom stereocenters. The average Bonchev–Trinajstić information content (AvgIpc) is 2.68. The van der Waals surface area contributed by atoms with Crippen LogP contribution in [-0.2, 0) is 0 Å². The molecule has 1 N–H and O–H groups in total. The summed E-state index contributed by atoms with van der Waals surface area (Å²) in [5.74, 6) is 0.506. The van der Waals surface area contributed by atoms with Gasteiger partial charge in [-0.3, -0.25) is 4.79 Å². The maximum Gasteiger partial charge on any atom is 0.262 e. The van der Waals surface area contributed by atoms with Gasteiger partial charge in [-0.05, 0) is 22.9 Å². The molecule has 1 amide bonds. The van der Waals surface area contributed by atoms with Crippen LogP contribution in [0.4, 0.5) is 5.82 Å². The highest BCUT2D eigenvalue weighted by molar-refractivity contribution is 9.10. The maximum absolute atomic E-state index is 11.7. The Morgan fingerprint density at radius 2 is 2.19 bits per heavy atom. The summed E-state index contributed by atoms with van der Waals surface area (Å²) in [5, 5.41) is 6.10. The first-order valence-corrected chi connectivity index (χ1v) is 5.16. The summed E-state index contributed by atoms with van der Waals surface area (Å²) in [5.41, 5.74) is 0.379. The van der Waals surface area contributed by atoms with E-state index in [1.165, 1.54) is 18.6 Å². The zero-order valence-corrected chi connectivity index (χ0v) is 9.85. The summed E-state index contributed by atoms with van der Waals surface area (Å²) in [4.78, 5) is 19.6. The van der Waals surface area contributed by atoms with Crippen LogP contribution in [-0.4, -0.2) is 21.0 Å². The third-order valence-electron chi connectivity index (χ3n) is 1.86. The van der Waals surface area contributed by atoms with Gasteiger partial charge in [-0.15, -0.1) is 0 Å². The third-order valence-corrected chi connectivity index (χ3v) is 2.27. The normalized spacial score (nSPS) is 10.1. The average molecular weight is 283 g/mol. The van der Waals surface area contributed by atoms with Gasteiger partial charge in [-0.2, -0.15) is 0 Å². The highest BCUT2D eigenvalue weighted by Gasteiger charge is 2.13. The van der Waals surface area contributed by atoms with Crippen LogP contribution in [0.25, 0.3) is 0 Å². The second-order valence-corrected chi connectivity index (χ2v) is 3.79. The number of rotatable bonds is 2. The fourth-order valence-corrected chi connectivity index (χ4v) is 1.28. The van der Waals surface area contributed by atoms with Crippen molar-refractivity contribution in [1.29, 1.82) is 0 Å². The van der Waals surface area contributed by atoms with Crippen molar-refractivity contribution in [3.63, 3.8) is 0 Å². The van der Waals surface area contributed by atoms with Gasteiger partial charge < -0.3 is 9.84 Å².